The lowest BCUT2D eigenvalue weighted by molar-refractivity contribution is 0.692. The molecule has 0 fully saturated rings. The summed E-state index contributed by atoms with van der Waals surface area (Å²) in [6.07, 6.45) is 8.95. The molecule has 0 rings (SSSR count). The van der Waals surface area contributed by atoms with Crippen LogP contribution in [0.5, 0.6) is 0 Å². The van der Waals surface area contributed by atoms with Gasteiger partial charge in [0.15, 0.2) is 0 Å². The van der Waals surface area contributed by atoms with Crippen LogP contribution in [-0.2, 0) is 0 Å². The molecule has 74 valence electrons. The van der Waals surface area contributed by atoms with Crippen LogP contribution in [0.2, 0.25) is 0 Å². The molecule has 0 aromatic rings. The lowest BCUT2D eigenvalue weighted by Gasteiger charge is -2.03. The number of nitrogens with one attached hydrogen (secondary N) is 1. The Morgan fingerprint density at radius 1 is 1.54 bits per heavy atom. The van der Waals surface area contributed by atoms with Crippen LogP contribution in [0.3, 0.4) is 0 Å². The molecule has 0 atom stereocenters. The molecule has 0 unspecified atom stereocenters. The van der Waals surface area contributed by atoms with Crippen molar-refractivity contribution in [3.63, 3.8) is 0 Å². The molecular weight excluding hydrogens is 160 g/mol. The lowest BCUT2D eigenvalue weighted by atomic mass is 10.2. The van der Waals surface area contributed by atoms with Crippen molar-refractivity contribution in [1.82, 2.24) is 5.32 Å². The SMILES string of the molecule is C=C/C=C(\C=C/C)CNCCCN. The summed E-state index contributed by atoms with van der Waals surface area (Å²) in [4.78, 5) is 0. The van der Waals surface area contributed by atoms with Gasteiger partial charge in [-0.25, -0.2) is 0 Å². The standard InChI is InChI=1S/C11H20N2/c1-3-6-11(7-4-2)10-13-9-5-8-12/h3-4,6-7,13H,1,5,8-10,12H2,2H3/b7-4-,11-6+. The van der Waals surface area contributed by atoms with Crippen LogP contribution in [0.25, 0.3) is 0 Å². The predicted octanol–water partition coefficient (Wildman–Crippen LogP) is 1.61. The van der Waals surface area contributed by atoms with Crippen molar-refractivity contribution < 1.29 is 0 Å². The smallest absolute Gasteiger partial charge is 0.0205 e. The Kier molecular flexibility index (Phi) is 8.62. The van der Waals surface area contributed by atoms with Crippen molar-refractivity contribution in [2.24, 2.45) is 5.73 Å². The summed E-state index contributed by atoms with van der Waals surface area (Å²) in [5.41, 5.74) is 6.62. The van der Waals surface area contributed by atoms with Crippen molar-refractivity contribution in [3.05, 3.63) is 36.5 Å². The van der Waals surface area contributed by atoms with E-state index in [1.807, 2.05) is 19.1 Å². The van der Waals surface area contributed by atoms with E-state index in [4.69, 9.17) is 5.73 Å². The van der Waals surface area contributed by atoms with Crippen molar-refractivity contribution in [3.8, 4) is 0 Å². The molecule has 0 aliphatic rings. The average Bonchev–Trinajstić information content (AvgIpc) is 2.13. The fourth-order valence-electron chi connectivity index (χ4n) is 0.999. The van der Waals surface area contributed by atoms with Gasteiger partial charge in [-0.1, -0.05) is 30.9 Å². The van der Waals surface area contributed by atoms with Crippen molar-refractivity contribution in [1.29, 1.82) is 0 Å². The summed E-state index contributed by atoms with van der Waals surface area (Å²) >= 11 is 0. The molecule has 13 heavy (non-hydrogen) atoms. The minimum atomic E-state index is 0.747. The first-order chi connectivity index (χ1) is 6.35. The molecule has 0 saturated carbocycles. The number of allylic oxidation sites excluding steroid dienone is 3. The highest BCUT2D eigenvalue weighted by Crippen LogP contribution is 1.95. The Bertz CT molecular complexity index is 181. The molecule has 0 radical (unpaired) electrons. The molecule has 0 aromatic carbocycles. The molecular formula is C11H20N2. The van der Waals surface area contributed by atoms with Gasteiger partial charge in [-0.2, -0.15) is 0 Å². The molecule has 2 nitrogen and oxygen atoms in total. The van der Waals surface area contributed by atoms with E-state index < -0.39 is 0 Å². The fraction of sp³-hybridized carbons (Fsp3) is 0.455. The van der Waals surface area contributed by atoms with Crippen LogP contribution in [0.1, 0.15) is 13.3 Å². The van der Waals surface area contributed by atoms with E-state index in [0.717, 1.165) is 26.1 Å². The molecule has 0 aliphatic heterocycles. The first-order valence-electron chi connectivity index (χ1n) is 4.70. The largest absolute Gasteiger partial charge is 0.330 e. The molecule has 0 heterocycles. The first-order valence-corrected chi connectivity index (χ1v) is 4.70. The predicted molar refractivity (Wildman–Crippen MR) is 59.6 cm³/mol. The van der Waals surface area contributed by atoms with Gasteiger partial charge in [0.2, 0.25) is 0 Å². The maximum Gasteiger partial charge on any atom is 0.0205 e. The van der Waals surface area contributed by atoms with Gasteiger partial charge in [0, 0.05) is 6.54 Å². The van der Waals surface area contributed by atoms with Crippen LogP contribution in [-0.4, -0.2) is 19.6 Å². The molecule has 0 spiro atoms. The number of rotatable bonds is 7. The Labute approximate surface area is 81.2 Å². The second-order valence-electron chi connectivity index (χ2n) is 2.80. The fourth-order valence-corrected chi connectivity index (χ4v) is 0.999. The van der Waals surface area contributed by atoms with E-state index >= 15 is 0 Å². The number of nitrogens with two attached hydrogens (primary N) is 1. The van der Waals surface area contributed by atoms with Gasteiger partial charge in [-0.05, 0) is 32.0 Å². The van der Waals surface area contributed by atoms with Crippen molar-refractivity contribution in [2.75, 3.05) is 19.6 Å². The Balaban J connectivity index is 3.70. The van der Waals surface area contributed by atoms with Crippen molar-refractivity contribution in [2.45, 2.75) is 13.3 Å². The number of hydrogen-bond acceptors (Lipinski definition) is 2. The maximum absolute atomic E-state index is 5.38. The Morgan fingerprint density at radius 3 is 2.85 bits per heavy atom. The van der Waals surface area contributed by atoms with Gasteiger partial charge in [0.1, 0.15) is 0 Å². The summed E-state index contributed by atoms with van der Waals surface area (Å²) in [6.45, 7) is 8.29. The van der Waals surface area contributed by atoms with Crippen molar-refractivity contribution >= 4 is 0 Å². The van der Waals surface area contributed by atoms with E-state index in [9.17, 15) is 0 Å². The monoisotopic (exact) mass is 180 g/mol. The van der Waals surface area contributed by atoms with E-state index in [1.54, 1.807) is 6.08 Å². The van der Waals surface area contributed by atoms with Gasteiger partial charge < -0.3 is 11.1 Å². The number of hydrogen-bond donors (Lipinski definition) is 2. The third kappa shape index (κ3) is 7.50. The average molecular weight is 180 g/mol. The molecule has 0 bridgehead atoms. The highest BCUT2D eigenvalue weighted by Gasteiger charge is 1.89. The topological polar surface area (TPSA) is 38.0 Å². The van der Waals surface area contributed by atoms with Gasteiger partial charge in [-0.3, -0.25) is 0 Å². The normalized spacial score (nSPS) is 12.3. The summed E-state index contributed by atoms with van der Waals surface area (Å²) in [7, 11) is 0. The van der Waals surface area contributed by atoms with Gasteiger partial charge >= 0.3 is 0 Å². The van der Waals surface area contributed by atoms with Crippen LogP contribution in [0.15, 0.2) is 36.5 Å². The Hall–Kier alpha value is -0.860. The molecule has 0 aromatic heterocycles. The van der Waals surface area contributed by atoms with Gasteiger partial charge in [0.25, 0.3) is 0 Å². The van der Waals surface area contributed by atoms with Crippen LogP contribution in [0.4, 0.5) is 0 Å². The molecule has 0 saturated heterocycles. The zero-order valence-corrected chi connectivity index (χ0v) is 8.42. The van der Waals surface area contributed by atoms with E-state index in [0.29, 0.717) is 0 Å². The van der Waals surface area contributed by atoms with Gasteiger partial charge in [0.05, 0.1) is 0 Å². The Morgan fingerprint density at radius 2 is 2.31 bits per heavy atom. The van der Waals surface area contributed by atoms with E-state index in [-0.39, 0.29) is 0 Å². The van der Waals surface area contributed by atoms with Crippen LogP contribution >= 0.6 is 0 Å². The summed E-state index contributed by atoms with van der Waals surface area (Å²) in [5.74, 6) is 0. The third-order valence-corrected chi connectivity index (χ3v) is 1.60. The van der Waals surface area contributed by atoms with Crippen LogP contribution in [0, 0.1) is 0 Å². The second kappa shape index (κ2) is 9.23. The van der Waals surface area contributed by atoms with Crippen LogP contribution < -0.4 is 11.1 Å². The molecule has 3 N–H and O–H groups in total. The zero-order chi connectivity index (χ0) is 9.94. The molecule has 0 amide bonds. The maximum atomic E-state index is 5.38. The van der Waals surface area contributed by atoms with E-state index in [1.165, 1.54) is 5.57 Å². The molecule has 0 aliphatic carbocycles. The lowest BCUT2D eigenvalue weighted by Crippen LogP contribution is -2.20. The minimum absolute atomic E-state index is 0.747. The summed E-state index contributed by atoms with van der Waals surface area (Å²) in [5, 5.41) is 3.31. The highest BCUT2D eigenvalue weighted by atomic mass is 14.8. The highest BCUT2D eigenvalue weighted by molar-refractivity contribution is 5.23. The van der Waals surface area contributed by atoms with E-state index in [2.05, 4.69) is 18.0 Å². The minimum Gasteiger partial charge on any atom is -0.330 e. The quantitative estimate of drug-likeness (QED) is 0.461. The summed E-state index contributed by atoms with van der Waals surface area (Å²) < 4.78 is 0. The summed E-state index contributed by atoms with van der Waals surface area (Å²) in [6, 6.07) is 0. The zero-order valence-electron chi connectivity index (χ0n) is 8.42. The first kappa shape index (κ1) is 12.1. The second-order valence-corrected chi connectivity index (χ2v) is 2.80. The van der Waals surface area contributed by atoms with Gasteiger partial charge in [-0.15, -0.1) is 0 Å². The molecule has 2 heteroatoms. The third-order valence-electron chi connectivity index (χ3n) is 1.60.